The van der Waals surface area contributed by atoms with E-state index in [2.05, 4.69) is 0 Å². The molecular weight excluding hydrogens is 470 g/mol. The summed E-state index contributed by atoms with van der Waals surface area (Å²) in [5.74, 6) is -1.44. The van der Waals surface area contributed by atoms with Crippen LogP contribution in [0.4, 0.5) is 5.69 Å². The second kappa shape index (κ2) is 9.28. The molecule has 0 fully saturated rings. The minimum atomic E-state index is -3.37. The Morgan fingerprint density at radius 2 is 1.84 bits per heavy atom. The Kier molecular flexibility index (Phi) is 6.45. The van der Waals surface area contributed by atoms with E-state index in [1.165, 1.54) is 28.4 Å². The van der Waals surface area contributed by atoms with Gasteiger partial charge in [0.25, 0.3) is 5.91 Å². The Morgan fingerprint density at radius 3 is 2.53 bits per heavy atom. The second-order valence-electron chi connectivity index (χ2n) is 7.04. The summed E-state index contributed by atoms with van der Waals surface area (Å²) < 4.78 is 29.8. The van der Waals surface area contributed by atoms with Crippen LogP contribution in [0.3, 0.4) is 0 Å². The third-order valence-electron chi connectivity index (χ3n) is 4.81. The average Bonchev–Trinajstić information content (AvgIpc) is 3.30. The van der Waals surface area contributed by atoms with Crippen LogP contribution in [0.25, 0.3) is 16.2 Å². The number of ether oxygens (including phenoxy) is 1. The molecule has 0 radical (unpaired) electrons. The van der Waals surface area contributed by atoms with Gasteiger partial charge in [-0.2, -0.15) is 0 Å². The maximum Gasteiger partial charge on any atom is 0.331 e. The summed E-state index contributed by atoms with van der Waals surface area (Å²) >= 11 is 7.81. The lowest BCUT2D eigenvalue weighted by molar-refractivity contribution is -0.143. The number of anilines is 1. The van der Waals surface area contributed by atoms with Crippen molar-refractivity contribution < 1.29 is 22.7 Å². The van der Waals surface area contributed by atoms with Crippen LogP contribution in [0.1, 0.15) is 4.88 Å². The van der Waals surface area contributed by atoms with Gasteiger partial charge < -0.3 is 9.64 Å². The van der Waals surface area contributed by atoms with Gasteiger partial charge in [0.15, 0.2) is 16.4 Å². The highest BCUT2D eigenvalue weighted by Crippen LogP contribution is 2.35. The quantitative estimate of drug-likeness (QED) is 0.379. The van der Waals surface area contributed by atoms with Crippen LogP contribution in [0.5, 0.6) is 0 Å². The van der Waals surface area contributed by atoms with Crippen LogP contribution in [-0.4, -0.2) is 38.7 Å². The fourth-order valence-electron chi connectivity index (χ4n) is 3.36. The van der Waals surface area contributed by atoms with Gasteiger partial charge in [-0.3, -0.25) is 4.79 Å². The Morgan fingerprint density at radius 1 is 1.12 bits per heavy atom. The highest BCUT2D eigenvalue weighted by Gasteiger charge is 2.31. The third kappa shape index (κ3) is 4.93. The van der Waals surface area contributed by atoms with Crippen LogP contribution < -0.4 is 4.90 Å². The Bertz CT molecular complexity index is 1330. The lowest BCUT2D eigenvalue weighted by Crippen LogP contribution is -2.43. The number of hydrogen-bond donors (Lipinski definition) is 0. The molecule has 1 aliphatic rings. The monoisotopic (exact) mass is 487 g/mol. The Hall–Kier alpha value is -2.94. The zero-order valence-electron chi connectivity index (χ0n) is 16.7. The molecule has 1 aromatic heterocycles. The number of fused-ring (bicyclic) bond motifs is 1. The van der Waals surface area contributed by atoms with Gasteiger partial charge in [0.2, 0.25) is 0 Å². The van der Waals surface area contributed by atoms with Gasteiger partial charge in [-0.05, 0) is 30.4 Å². The zero-order chi connectivity index (χ0) is 22.7. The fraction of sp³-hybridized carbons (Fsp3) is 0.130. The summed E-state index contributed by atoms with van der Waals surface area (Å²) in [6.45, 7) is -0.525. The van der Waals surface area contributed by atoms with Gasteiger partial charge in [0.1, 0.15) is 0 Å². The minimum absolute atomic E-state index is 0.216. The minimum Gasteiger partial charge on any atom is -0.452 e. The first-order valence-electron chi connectivity index (χ1n) is 9.64. The van der Waals surface area contributed by atoms with Crippen molar-refractivity contribution in [2.45, 2.75) is 6.04 Å². The number of thiophene rings is 1. The van der Waals surface area contributed by atoms with Crippen LogP contribution in [0.15, 0.2) is 72.2 Å². The maximum absolute atomic E-state index is 12.9. The van der Waals surface area contributed by atoms with E-state index in [-0.39, 0.29) is 5.75 Å². The number of esters is 1. The molecule has 0 spiro atoms. The lowest BCUT2D eigenvalue weighted by Gasteiger charge is -2.27. The number of halogens is 1. The Balaban J connectivity index is 1.44. The van der Waals surface area contributed by atoms with Crippen molar-refractivity contribution in [2.24, 2.45) is 0 Å². The maximum atomic E-state index is 12.9. The fourth-order valence-corrected chi connectivity index (χ4v) is 6.03. The molecule has 0 saturated carbocycles. The molecule has 0 aliphatic carbocycles. The van der Waals surface area contributed by atoms with Crippen LogP contribution in [0.2, 0.25) is 5.02 Å². The summed E-state index contributed by atoms with van der Waals surface area (Å²) in [6, 6.07) is 15.6. The summed E-state index contributed by atoms with van der Waals surface area (Å²) in [5, 5.41) is 2.56. The molecule has 9 heteroatoms. The molecule has 4 rings (SSSR count). The molecule has 1 amide bonds. The van der Waals surface area contributed by atoms with Gasteiger partial charge in [0.05, 0.1) is 16.8 Å². The molecule has 3 aromatic rings. The Labute approximate surface area is 194 Å². The molecule has 2 aromatic carbocycles. The van der Waals surface area contributed by atoms with Crippen molar-refractivity contribution in [3.05, 3.63) is 82.1 Å². The lowest BCUT2D eigenvalue weighted by atomic mass is 10.2. The third-order valence-corrected chi connectivity index (χ3v) is 7.85. The van der Waals surface area contributed by atoms with E-state index in [9.17, 15) is 18.0 Å². The van der Waals surface area contributed by atoms with E-state index >= 15 is 0 Å². The molecule has 0 saturated heterocycles. The molecular formula is C23H18ClNO5S2. The molecule has 6 nitrogen and oxygen atoms in total. The summed E-state index contributed by atoms with van der Waals surface area (Å²) in [7, 11) is -3.37. The van der Waals surface area contributed by atoms with Crippen LogP contribution in [0, 0.1) is 0 Å². The van der Waals surface area contributed by atoms with Crippen molar-refractivity contribution in [3.63, 3.8) is 0 Å². The van der Waals surface area contributed by atoms with Crippen molar-refractivity contribution in [2.75, 3.05) is 17.3 Å². The standard InChI is InChI=1S/C23H18ClNO5S2/c24-23-18-8-4-5-9-19(18)31-20(23)10-11-22(27)30-14-21(26)25(16-6-2-1-3-7-16)17-12-13-32(28,29)15-17/h1-13,17H,14-15H2/b11-10+. The number of para-hydroxylation sites is 1. The summed E-state index contributed by atoms with van der Waals surface area (Å²) in [4.78, 5) is 27.1. The second-order valence-corrected chi connectivity index (χ2v) is 10.4. The number of benzene rings is 2. The van der Waals surface area contributed by atoms with Crippen LogP contribution in [-0.2, 0) is 24.2 Å². The first-order chi connectivity index (χ1) is 15.3. The van der Waals surface area contributed by atoms with Crippen molar-refractivity contribution in [1.82, 2.24) is 0 Å². The van der Waals surface area contributed by atoms with E-state index in [1.54, 1.807) is 36.4 Å². The average molecular weight is 488 g/mol. The SMILES string of the molecule is O=C(/C=C/c1sc2ccccc2c1Cl)OCC(=O)N(c1ccccc1)C1C=CS(=O)(=O)C1. The number of amides is 1. The largest absolute Gasteiger partial charge is 0.452 e. The number of rotatable bonds is 6. The highest BCUT2D eigenvalue weighted by molar-refractivity contribution is 7.94. The molecule has 1 unspecified atom stereocenters. The number of carbonyl (C=O) groups excluding carboxylic acids is 2. The molecule has 2 heterocycles. The number of nitrogens with zero attached hydrogens (tertiary/aromatic N) is 1. The molecule has 164 valence electrons. The van der Waals surface area contributed by atoms with E-state index < -0.39 is 34.4 Å². The molecule has 0 N–H and O–H groups in total. The van der Waals surface area contributed by atoms with E-state index in [4.69, 9.17) is 16.3 Å². The summed E-state index contributed by atoms with van der Waals surface area (Å²) in [5.41, 5.74) is 0.521. The van der Waals surface area contributed by atoms with Crippen LogP contribution >= 0.6 is 22.9 Å². The van der Waals surface area contributed by atoms with Crippen molar-refractivity contribution in [3.8, 4) is 0 Å². The first-order valence-corrected chi connectivity index (χ1v) is 12.5. The number of sulfone groups is 1. The molecule has 1 atom stereocenters. The highest BCUT2D eigenvalue weighted by atomic mass is 35.5. The van der Waals surface area contributed by atoms with E-state index in [0.717, 1.165) is 15.5 Å². The number of hydrogen-bond acceptors (Lipinski definition) is 6. The topological polar surface area (TPSA) is 80.8 Å². The van der Waals surface area contributed by atoms with Crippen molar-refractivity contribution >= 4 is 66.5 Å². The normalized spacial score (nSPS) is 17.1. The molecule has 0 bridgehead atoms. The van der Waals surface area contributed by atoms with Gasteiger partial charge in [-0.15, -0.1) is 11.3 Å². The smallest absolute Gasteiger partial charge is 0.331 e. The predicted molar refractivity (Wildman–Crippen MR) is 127 cm³/mol. The van der Waals surface area contributed by atoms with Crippen molar-refractivity contribution in [1.29, 1.82) is 0 Å². The van der Waals surface area contributed by atoms with Gasteiger partial charge >= 0.3 is 5.97 Å². The predicted octanol–water partition coefficient (Wildman–Crippen LogP) is 4.46. The first kappa shape index (κ1) is 22.3. The molecule has 1 aliphatic heterocycles. The van der Waals surface area contributed by atoms with Gasteiger partial charge in [-0.25, -0.2) is 13.2 Å². The van der Waals surface area contributed by atoms with E-state index in [1.807, 2.05) is 24.3 Å². The summed E-state index contributed by atoms with van der Waals surface area (Å²) in [6.07, 6.45) is 4.24. The zero-order valence-corrected chi connectivity index (χ0v) is 19.1. The van der Waals surface area contributed by atoms with E-state index in [0.29, 0.717) is 15.6 Å². The number of carbonyl (C=O) groups is 2. The molecule has 32 heavy (non-hydrogen) atoms. The van der Waals surface area contributed by atoms with Gasteiger partial charge in [-0.1, -0.05) is 48.0 Å². The van der Waals surface area contributed by atoms with Gasteiger partial charge in [0, 0.05) is 32.1 Å².